The van der Waals surface area contributed by atoms with Gasteiger partial charge in [-0.3, -0.25) is 5.32 Å². The lowest BCUT2D eigenvalue weighted by Gasteiger charge is -2.19. The maximum Gasteiger partial charge on any atom is 0.413 e. The first kappa shape index (κ1) is 25.6. The number of amides is 2. The van der Waals surface area contributed by atoms with Gasteiger partial charge in [0.1, 0.15) is 22.8 Å². The van der Waals surface area contributed by atoms with Crippen molar-refractivity contribution in [2.45, 2.75) is 66.2 Å². The number of anilines is 1. The van der Waals surface area contributed by atoms with Gasteiger partial charge >= 0.3 is 12.2 Å². The fraction of sp³-hybridized carbons (Fsp3) is 0.417. The van der Waals surface area contributed by atoms with Crippen LogP contribution in [0.5, 0.6) is 0 Å². The highest BCUT2D eigenvalue weighted by molar-refractivity contribution is 5.85. The van der Waals surface area contributed by atoms with E-state index in [1.54, 1.807) is 26.8 Å². The summed E-state index contributed by atoms with van der Waals surface area (Å²) in [4.78, 5) is 30.8. The van der Waals surface area contributed by atoms with Crippen LogP contribution in [0.1, 0.15) is 52.9 Å². The van der Waals surface area contributed by atoms with E-state index in [1.165, 1.54) is 5.56 Å². The van der Waals surface area contributed by atoms with Gasteiger partial charge in [-0.05, 0) is 66.2 Å². The predicted molar refractivity (Wildman–Crippen MR) is 128 cm³/mol. The fourth-order valence-electron chi connectivity index (χ4n) is 2.87. The summed E-state index contributed by atoms with van der Waals surface area (Å²) >= 11 is 0. The van der Waals surface area contributed by atoms with Gasteiger partial charge in [-0.25, -0.2) is 19.6 Å². The third kappa shape index (κ3) is 8.80. The maximum absolute atomic E-state index is 11.9. The number of carbonyl (C=O) groups excluding carboxylic acids is 2. The minimum Gasteiger partial charge on any atom is -0.444 e. The molecule has 0 atom stereocenters. The summed E-state index contributed by atoms with van der Waals surface area (Å²) in [5.41, 5.74) is 6.43. The molecule has 33 heavy (non-hydrogen) atoms. The molecule has 178 valence electrons. The van der Waals surface area contributed by atoms with E-state index < -0.39 is 23.4 Å². The van der Waals surface area contributed by atoms with Crippen molar-refractivity contribution in [3.05, 3.63) is 53.9 Å². The molecule has 9 heteroatoms. The zero-order valence-corrected chi connectivity index (χ0v) is 20.3. The standard InChI is InChI=1S/C19H22N4O2.C5H11NO2/c1-13-20-17-15(23(13)12-14-8-6-5-7-9-14)10-11-16(21-17)22-18(24)25-19(2,3)4;1-5(2,3)8-4(6)7/h5-11H,12H2,1-4H3,(H,21,22,24);1-3H3,(H2,6,7). The molecular formula is C24H33N5O4. The lowest BCUT2D eigenvalue weighted by Crippen LogP contribution is -2.27. The average Bonchev–Trinajstić information content (AvgIpc) is 2.94. The van der Waals surface area contributed by atoms with Gasteiger partial charge in [0.15, 0.2) is 5.65 Å². The lowest BCUT2D eigenvalue weighted by molar-refractivity contribution is 0.0596. The molecule has 0 aliphatic heterocycles. The molecular weight excluding hydrogens is 422 g/mol. The molecule has 1 aromatic carbocycles. The molecule has 2 heterocycles. The number of nitrogens with one attached hydrogen (secondary N) is 1. The molecule has 0 bridgehead atoms. The van der Waals surface area contributed by atoms with Gasteiger partial charge in [0.2, 0.25) is 0 Å². The van der Waals surface area contributed by atoms with Crippen LogP contribution in [0.3, 0.4) is 0 Å². The van der Waals surface area contributed by atoms with Crippen LogP contribution >= 0.6 is 0 Å². The number of rotatable bonds is 3. The summed E-state index contributed by atoms with van der Waals surface area (Å²) in [5, 5.41) is 2.65. The fourth-order valence-corrected chi connectivity index (χ4v) is 2.87. The molecule has 3 rings (SSSR count). The summed E-state index contributed by atoms with van der Waals surface area (Å²) in [6.45, 7) is 13.4. The zero-order chi connectivity index (χ0) is 24.8. The van der Waals surface area contributed by atoms with Crippen LogP contribution in [0.15, 0.2) is 42.5 Å². The number of carbonyl (C=O) groups is 2. The van der Waals surface area contributed by atoms with Gasteiger partial charge in [0.05, 0.1) is 5.52 Å². The van der Waals surface area contributed by atoms with Crippen LogP contribution in [0.4, 0.5) is 15.4 Å². The Hall–Kier alpha value is -3.62. The first-order valence-corrected chi connectivity index (χ1v) is 10.6. The van der Waals surface area contributed by atoms with Crippen LogP contribution in [-0.2, 0) is 16.0 Å². The normalized spacial score (nSPS) is 11.4. The van der Waals surface area contributed by atoms with E-state index in [1.807, 2.05) is 52.0 Å². The average molecular weight is 456 g/mol. The van der Waals surface area contributed by atoms with Gasteiger partial charge in [-0.1, -0.05) is 30.3 Å². The number of hydrogen-bond acceptors (Lipinski definition) is 6. The van der Waals surface area contributed by atoms with Crippen molar-refractivity contribution < 1.29 is 19.1 Å². The van der Waals surface area contributed by atoms with Crippen molar-refractivity contribution in [3.8, 4) is 0 Å². The van der Waals surface area contributed by atoms with E-state index in [0.29, 0.717) is 11.5 Å². The van der Waals surface area contributed by atoms with Crippen molar-refractivity contribution in [2.24, 2.45) is 5.73 Å². The highest BCUT2D eigenvalue weighted by Crippen LogP contribution is 2.19. The topological polar surface area (TPSA) is 121 Å². The van der Waals surface area contributed by atoms with E-state index in [2.05, 4.69) is 36.7 Å². The number of aromatic nitrogens is 3. The minimum absolute atomic E-state index is 0.422. The molecule has 0 aliphatic carbocycles. The van der Waals surface area contributed by atoms with Crippen molar-refractivity contribution in [2.75, 3.05) is 5.32 Å². The number of fused-ring (bicyclic) bond motifs is 1. The first-order chi connectivity index (χ1) is 15.2. The summed E-state index contributed by atoms with van der Waals surface area (Å²) in [6.07, 6.45) is -1.25. The summed E-state index contributed by atoms with van der Waals surface area (Å²) < 4.78 is 11.9. The second-order valence-electron chi connectivity index (χ2n) is 9.43. The number of pyridine rings is 1. The number of imidazole rings is 1. The summed E-state index contributed by atoms with van der Waals surface area (Å²) in [7, 11) is 0. The second kappa shape index (κ2) is 10.3. The van der Waals surface area contributed by atoms with Gasteiger partial charge in [-0.15, -0.1) is 0 Å². The van der Waals surface area contributed by atoms with Crippen molar-refractivity contribution in [3.63, 3.8) is 0 Å². The lowest BCUT2D eigenvalue weighted by atomic mass is 10.2. The molecule has 3 aromatic rings. The third-order valence-corrected chi connectivity index (χ3v) is 4.02. The van der Waals surface area contributed by atoms with Gasteiger partial charge in [-0.2, -0.15) is 0 Å². The number of nitrogens with zero attached hydrogens (tertiary/aromatic N) is 3. The number of hydrogen-bond donors (Lipinski definition) is 2. The monoisotopic (exact) mass is 455 g/mol. The molecule has 0 saturated carbocycles. The molecule has 0 radical (unpaired) electrons. The molecule has 3 N–H and O–H groups in total. The Morgan fingerprint density at radius 2 is 1.55 bits per heavy atom. The highest BCUT2D eigenvalue weighted by atomic mass is 16.6. The third-order valence-electron chi connectivity index (χ3n) is 4.02. The first-order valence-electron chi connectivity index (χ1n) is 10.6. The SMILES string of the molecule is CC(C)(C)OC(N)=O.Cc1nc2nc(NC(=O)OC(C)(C)C)ccc2n1Cc1ccccc1. The van der Waals surface area contributed by atoms with Crippen LogP contribution in [0, 0.1) is 6.92 Å². The van der Waals surface area contributed by atoms with Gasteiger partial charge < -0.3 is 19.8 Å². The predicted octanol–water partition coefficient (Wildman–Crippen LogP) is 5.02. The van der Waals surface area contributed by atoms with Crippen molar-refractivity contribution in [1.82, 2.24) is 14.5 Å². The number of aryl methyl sites for hydroxylation is 1. The Labute approximate surface area is 194 Å². The number of ether oxygens (including phenoxy) is 2. The Kier molecular flexibility index (Phi) is 8.03. The Bertz CT molecular complexity index is 1100. The minimum atomic E-state index is -0.725. The zero-order valence-electron chi connectivity index (χ0n) is 20.3. The van der Waals surface area contributed by atoms with Crippen LogP contribution in [-0.4, -0.2) is 37.9 Å². The number of nitrogens with two attached hydrogens (primary N) is 1. The van der Waals surface area contributed by atoms with Crippen LogP contribution < -0.4 is 11.1 Å². The molecule has 2 aromatic heterocycles. The van der Waals surface area contributed by atoms with Crippen LogP contribution in [0.25, 0.3) is 11.2 Å². The van der Waals surface area contributed by atoms with Gasteiger partial charge in [0, 0.05) is 6.54 Å². The Morgan fingerprint density at radius 3 is 2.06 bits per heavy atom. The van der Waals surface area contributed by atoms with E-state index in [4.69, 9.17) is 10.5 Å². The Balaban J connectivity index is 0.000000414. The van der Waals surface area contributed by atoms with Crippen molar-refractivity contribution in [1.29, 1.82) is 0 Å². The molecule has 9 nitrogen and oxygen atoms in total. The summed E-state index contributed by atoms with van der Waals surface area (Å²) in [6, 6.07) is 13.9. The van der Waals surface area contributed by atoms with E-state index >= 15 is 0 Å². The van der Waals surface area contributed by atoms with Crippen LogP contribution in [0.2, 0.25) is 0 Å². The Morgan fingerprint density at radius 1 is 0.939 bits per heavy atom. The number of benzene rings is 1. The smallest absolute Gasteiger partial charge is 0.413 e. The largest absolute Gasteiger partial charge is 0.444 e. The molecule has 0 aliphatic rings. The second-order valence-corrected chi connectivity index (χ2v) is 9.43. The molecule has 0 spiro atoms. The molecule has 0 saturated heterocycles. The quantitative estimate of drug-likeness (QED) is 0.572. The number of primary amides is 1. The van der Waals surface area contributed by atoms with E-state index in [9.17, 15) is 9.59 Å². The molecule has 2 amide bonds. The molecule has 0 unspecified atom stereocenters. The highest BCUT2D eigenvalue weighted by Gasteiger charge is 2.17. The van der Waals surface area contributed by atoms with E-state index in [-0.39, 0.29) is 0 Å². The molecule has 0 fully saturated rings. The van der Waals surface area contributed by atoms with E-state index in [0.717, 1.165) is 17.9 Å². The summed E-state index contributed by atoms with van der Waals surface area (Å²) in [5.74, 6) is 1.30. The maximum atomic E-state index is 11.9. The van der Waals surface area contributed by atoms with Gasteiger partial charge in [0.25, 0.3) is 0 Å². The van der Waals surface area contributed by atoms with Crippen molar-refractivity contribution >= 4 is 29.2 Å².